The summed E-state index contributed by atoms with van der Waals surface area (Å²) in [6.07, 6.45) is -0.736. The number of benzene rings is 2. The van der Waals surface area contributed by atoms with E-state index in [1.165, 1.54) is 12.1 Å². The first-order valence-corrected chi connectivity index (χ1v) is 6.97. The van der Waals surface area contributed by atoms with E-state index in [-0.39, 0.29) is 17.1 Å². The number of halogens is 2. The molecule has 6 heteroatoms. The lowest BCUT2D eigenvalue weighted by Crippen LogP contribution is -2.38. The van der Waals surface area contributed by atoms with Crippen molar-refractivity contribution in [3.63, 3.8) is 0 Å². The van der Waals surface area contributed by atoms with Gasteiger partial charge in [-0.25, -0.2) is 9.18 Å². The number of ether oxygens (including phenoxy) is 1. The summed E-state index contributed by atoms with van der Waals surface area (Å²) in [5.74, 6) is -1.79. The van der Waals surface area contributed by atoms with Crippen LogP contribution in [0.2, 0.25) is 5.02 Å². The van der Waals surface area contributed by atoms with Crippen LogP contribution in [-0.2, 0) is 16.0 Å². The molecule has 1 N–H and O–H groups in total. The van der Waals surface area contributed by atoms with Crippen LogP contribution in [0.1, 0.15) is 15.9 Å². The third-order valence-electron chi connectivity index (χ3n) is 3.37. The van der Waals surface area contributed by atoms with Crippen molar-refractivity contribution in [3.05, 3.63) is 64.4 Å². The number of esters is 1. The molecule has 1 aliphatic heterocycles. The fourth-order valence-electron chi connectivity index (χ4n) is 2.28. The first-order valence-electron chi connectivity index (χ1n) is 6.59. The lowest BCUT2D eigenvalue weighted by molar-refractivity contribution is -0.125. The topological polar surface area (TPSA) is 55.4 Å². The second-order valence-corrected chi connectivity index (χ2v) is 5.31. The largest absolute Gasteiger partial charge is 0.448 e. The molecule has 1 atom stereocenters. The Hall–Kier alpha value is -2.40. The van der Waals surface area contributed by atoms with Crippen molar-refractivity contribution in [2.24, 2.45) is 0 Å². The Bertz CT molecular complexity index is 763. The molecule has 1 heterocycles. The third-order valence-corrected chi connectivity index (χ3v) is 3.61. The van der Waals surface area contributed by atoms with Gasteiger partial charge in [-0.1, -0.05) is 29.8 Å². The molecule has 0 unspecified atom stereocenters. The summed E-state index contributed by atoms with van der Waals surface area (Å²) in [6, 6.07) is 10.8. The molecule has 0 bridgehead atoms. The minimum absolute atomic E-state index is 0.00990. The van der Waals surface area contributed by atoms with E-state index < -0.39 is 23.8 Å². The van der Waals surface area contributed by atoms with Crippen molar-refractivity contribution < 1.29 is 18.7 Å². The highest BCUT2D eigenvalue weighted by Crippen LogP contribution is 2.23. The number of nitrogens with one attached hydrogen (secondary N) is 1. The van der Waals surface area contributed by atoms with Crippen molar-refractivity contribution in [2.45, 2.75) is 12.5 Å². The molecule has 0 aliphatic carbocycles. The van der Waals surface area contributed by atoms with Gasteiger partial charge in [0.25, 0.3) is 5.91 Å². The summed E-state index contributed by atoms with van der Waals surface area (Å²) in [4.78, 5) is 24.0. The van der Waals surface area contributed by atoms with Crippen LogP contribution in [0.3, 0.4) is 0 Å². The molecule has 2 aromatic rings. The SMILES string of the molecule is O=C1O[C@@H](C(=O)Nc2ccc(Cl)cc2F)Cc2ccccc21. The number of fused-ring (bicyclic) bond motifs is 1. The number of hydrogen-bond acceptors (Lipinski definition) is 3. The normalized spacial score (nSPS) is 16.6. The summed E-state index contributed by atoms with van der Waals surface area (Å²) < 4.78 is 18.8. The van der Waals surface area contributed by atoms with Gasteiger partial charge in [-0.15, -0.1) is 0 Å². The predicted molar refractivity (Wildman–Crippen MR) is 79.4 cm³/mol. The Morgan fingerprint density at radius 2 is 2.05 bits per heavy atom. The molecule has 1 amide bonds. The van der Waals surface area contributed by atoms with Crippen molar-refractivity contribution in [2.75, 3.05) is 5.32 Å². The van der Waals surface area contributed by atoms with Crippen LogP contribution >= 0.6 is 11.6 Å². The fraction of sp³-hybridized carbons (Fsp3) is 0.125. The molecule has 112 valence electrons. The zero-order valence-electron chi connectivity index (χ0n) is 11.3. The van der Waals surface area contributed by atoms with Gasteiger partial charge in [0.05, 0.1) is 11.3 Å². The fourth-order valence-corrected chi connectivity index (χ4v) is 2.44. The molecule has 0 saturated carbocycles. The number of amides is 1. The van der Waals surface area contributed by atoms with E-state index in [0.29, 0.717) is 5.56 Å². The zero-order valence-corrected chi connectivity index (χ0v) is 12.1. The van der Waals surface area contributed by atoms with Gasteiger partial charge >= 0.3 is 5.97 Å². The average molecular weight is 320 g/mol. The molecule has 3 rings (SSSR count). The number of carbonyl (C=O) groups excluding carboxylic acids is 2. The van der Waals surface area contributed by atoms with Crippen LogP contribution in [0.15, 0.2) is 42.5 Å². The smallest absolute Gasteiger partial charge is 0.339 e. The van der Waals surface area contributed by atoms with E-state index in [0.717, 1.165) is 11.6 Å². The Labute approximate surface area is 130 Å². The minimum Gasteiger partial charge on any atom is -0.448 e. The number of cyclic esters (lactones) is 1. The van der Waals surface area contributed by atoms with E-state index in [4.69, 9.17) is 16.3 Å². The second-order valence-electron chi connectivity index (χ2n) is 4.87. The van der Waals surface area contributed by atoms with Gasteiger partial charge < -0.3 is 10.1 Å². The van der Waals surface area contributed by atoms with Crippen LogP contribution in [0.4, 0.5) is 10.1 Å². The third kappa shape index (κ3) is 2.80. The molecule has 0 radical (unpaired) electrons. The molecule has 22 heavy (non-hydrogen) atoms. The monoisotopic (exact) mass is 319 g/mol. The molecule has 0 fully saturated rings. The Kier molecular flexibility index (Phi) is 3.81. The molecular weight excluding hydrogens is 309 g/mol. The molecule has 0 saturated heterocycles. The van der Waals surface area contributed by atoms with E-state index in [1.807, 2.05) is 0 Å². The standard InChI is InChI=1S/C16H11ClFNO3/c17-10-5-6-13(12(18)8-10)19-15(20)14-7-9-3-1-2-4-11(9)16(21)22-14/h1-6,8,14H,7H2,(H,19,20)/t14-/m1/s1. The summed E-state index contributed by atoms with van der Waals surface area (Å²) in [5.41, 5.74) is 1.17. The van der Waals surface area contributed by atoms with Crippen molar-refractivity contribution in [3.8, 4) is 0 Å². The van der Waals surface area contributed by atoms with Crippen molar-refractivity contribution in [1.29, 1.82) is 0 Å². The predicted octanol–water partition coefficient (Wildman–Crippen LogP) is 3.20. The van der Waals surface area contributed by atoms with Crippen LogP contribution in [-0.4, -0.2) is 18.0 Å². The highest BCUT2D eigenvalue weighted by molar-refractivity contribution is 6.30. The highest BCUT2D eigenvalue weighted by Gasteiger charge is 2.31. The van der Waals surface area contributed by atoms with Gasteiger partial charge in [0, 0.05) is 11.4 Å². The van der Waals surface area contributed by atoms with Gasteiger partial charge in [-0.05, 0) is 29.8 Å². The van der Waals surface area contributed by atoms with Crippen LogP contribution in [0.5, 0.6) is 0 Å². The summed E-state index contributed by atoms with van der Waals surface area (Å²) in [6.45, 7) is 0. The van der Waals surface area contributed by atoms with Gasteiger partial charge in [-0.3, -0.25) is 4.79 Å². The van der Waals surface area contributed by atoms with Crippen LogP contribution < -0.4 is 5.32 Å². The molecule has 1 aliphatic rings. The van der Waals surface area contributed by atoms with E-state index >= 15 is 0 Å². The van der Waals surface area contributed by atoms with Crippen LogP contribution in [0, 0.1) is 5.82 Å². The first-order chi connectivity index (χ1) is 10.5. The zero-order chi connectivity index (χ0) is 15.7. The second kappa shape index (κ2) is 5.77. The lowest BCUT2D eigenvalue weighted by atomic mass is 9.98. The maximum Gasteiger partial charge on any atom is 0.339 e. The Morgan fingerprint density at radius 3 is 2.82 bits per heavy atom. The maximum absolute atomic E-state index is 13.7. The van der Waals surface area contributed by atoms with E-state index in [2.05, 4.69) is 5.32 Å². The molecule has 4 nitrogen and oxygen atoms in total. The van der Waals surface area contributed by atoms with Gasteiger partial charge in [0.2, 0.25) is 0 Å². The Balaban J connectivity index is 1.78. The van der Waals surface area contributed by atoms with E-state index in [1.54, 1.807) is 24.3 Å². The number of anilines is 1. The highest BCUT2D eigenvalue weighted by atomic mass is 35.5. The van der Waals surface area contributed by atoms with Gasteiger partial charge in [0.1, 0.15) is 5.82 Å². The number of hydrogen-bond donors (Lipinski definition) is 1. The van der Waals surface area contributed by atoms with Crippen molar-refractivity contribution in [1.82, 2.24) is 0 Å². The first kappa shape index (κ1) is 14.5. The molecular formula is C16H11ClFNO3. The number of carbonyl (C=O) groups is 2. The lowest BCUT2D eigenvalue weighted by Gasteiger charge is -2.23. The summed E-state index contributed by atoms with van der Waals surface area (Å²) >= 11 is 5.66. The maximum atomic E-state index is 13.7. The van der Waals surface area contributed by atoms with Crippen molar-refractivity contribution >= 4 is 29.2 Å². The van der Waals surface area contributed by atoms with Gasteiger partial charge in [0.15, 0.2) is 6.10 Å². The average Bonchev–Trinajstić information content (AvgIpc) is 2.50. The van der Waals surface area contributed by atoms with Crippen LogP contribution in [0.25, 0.3) is 0 Å². The summed E-state index contributed by atoms with van der Waals surface area (Å²) in [7, 11) is 0. The van der Waals surface area contributed by atoms with Gasteiger partial charge in [-0.2, -0.15) is 0 Å². The Morgan fingerprint density at radius 1 is 1.27 bits per heavy atom. The van der Waals surface area contributed by atoms with E-state index in [9.17, 15) is 14.0 Å². The minimum atomic E-state index is -0.988. The molecule has 2 aromatic carbocycles. The molecule has 0 aromatic heterocycles. The number of rotatable bonds is 2. The molecule has 0 spiro atoms. The summed E-state index contributed by atoms with van der Waals surface area (Å²) in [5, 5.41) is 2.64. The quantitative estimate of drug-likeness (QED) is 0.865.